The molecule has 1 atom stereocenters. The van der Waals surface area contributed by atoms with Gasteiger partial charge in [0.1, 0.15) is 5.75 Å². The first-order valence-corrected chi connectivity index (χ1v) is 5.89. The maximum atomic E-state index is 11.8. The van der Waals surface area contributed by atoms with Crippen molar-refractivity contribution < 1.29 is 9.53 Å². The zero-order valence-electron chi connectivity index (χ0n) is 10.8. The molecule has 0 bridgehead atoms. The summed E-state index contributed by atoms with van der Waals surface area (Å²) in [5.41, 5.74) is 1.63. The number of aromatic nitrogens is 2. The van der Waals surface area contributed by atoms with Crippen molar-refractivity contribution in [2.75, 3.05) is 12.4 Å². The Morgan fingerprint density at radius 1 is 1.37 bits per heavy atom. The number of aromatic amines is 1. The standard InChI is InChI=1S/C13H16N4O2/c1-9(10-7-14-15-8-10)16-13(18)17-11-3-5-12(19-2)6-4-11/h3-9H,1-2H3,(H,14,15)(H2,16,17,18). The lowest BCUT2D eigenvalue weighted by Crippen LogP contribution is -2.30. The van der Waals surface area contributed by atoms with E-state index in [1.165, 1.54) is 0 Å². The first-order valence-electron chi connectivity index (χ1n) is 5.89. The van der Waals surface area contributed by atoms with Crippen molar-refractivity contribution in [1.82, 2.24) is 15.5 Å². The smallest absolute Gasteiger partial charge is 0.319 e. The number of ether oxygens (including phenoxy) is 1. The molecule has 0 saturated carbocycles. The molecule has 0 saturated heterocycles. The Kier molecular flexibility index (Phi) is 4.02. The Morgan fingerprint density at radius 3 is 2.68 bits per heavy atom. The molecule has 3 N–H and O–H groups in total. The number of H-pyrrole nitrogens is 1. The third kappa shape index (κ3) is 3.48. The molecule has 100 valence electrons. The summed E-state index contributed by atoms with van der Waals surface area (Å²) in [5.74, 6) is 0.748. The Labute approximate surface area is 111 Å². The van der Waals surface area contributed by atoms with Crippen molar-refractivity contribution in [2.45, 2.75) is 13.0 Å². The monoisotopic (exact) mass is 260 g/mol. The normalized spacial score (nSPS) is 11.7. The van der Waals surface area contributed by atoms with E-state index in [4.69, 9.17) is 4.74 Å². The van der Waals surface area contributed by atoms with Gasteiger partial charge in [0.2, 0.25) is 0 Å². The van der Waals surface area contributed by atoms with Crippen molar-refractivity contribution >= 4 is 11.7 Å². The third-order valence-electron chi connectivity index (χ3n) is 2.71. The number of nitrogens with one attached hydrogen (secondary N) is 3. The number of carbonyl (C=O) groups is 1. The highest BCUT2D eigenvalue weighted by Crippen LogP contribution is 2.15. The summed E-state index contributed by atoms with van der Waals surface area (Å²) in [6.07, 6.45) is 3.43. The molecule has 0 fully saturated rings. The van der Waals surface area contributed by atoms with Crippen LogP contribution in [-0.2, 0) is 0 Å². The van der Waals surface area contributed by atoms with Gasteiger partial charge in [0, 0.05) is 17.4 Å². The molecule has 0 aliphatic heterocycles. The summed E-state index contributed by atoms with van der Waals surface area (Å²) in [4.78, 5) is 11.8. The summed E-state index contributed by atoms with van der Waals surface area (Å²) in [7, 11) is 1.60. The number of anilines is 1. The molecule has 1 unspecified atom stereocenters. The predicted octanol–water partition coefficient (Wildman–Crippen LogP) is 2.30. The minimum atomic E-state index is -0.265. The van der Waals surface area contributed by atoms with Crippen LogP contribution in [0, 0.1) is 0 Å². The maximum absolute atomic E-state index is 11.8. The SMILES string of the molecule is COc1ccc(NC(=O)NC(C)c2cn[nH]c2)cc1. The van der Waals surface area contributed by atoms with Crippen molar-refractivity contribution in [3.63, 3.8) is 0 Å². The summed E-state index contributed by atoms with van der Waals surface area (Å²) in [6, 6.07) is 6.75. The largest absolute Gasteiger partial charge is 0.497 e. The number of rotatable bonds is 4. The van der Waals surface area contributed by atoms with E-state index in [2.05, 4.69) is 20.8 Å². The van der Waals surface area contributed by atoms with Crippen LogP contribution < -0.4 is 15.4 Å². The fourth-order valence-corrected chi connectivity index (χ4v) is 1.62. The van der Waals surface area contributed by atoms with Crippen LogP contribution in [0.5, 0.6) is 5.75 Å². The molecule has 1 heterocycles. The highest BCUT2D eigenvalue weighted by molar-refractivity contribution is 5.89. The van der Waals surface area contributed by atoms with Gasteiger partial charge in [0.15, 0.2) is 0 Å². The lowest BCUT2D eigenvalue weighted by atomic mass is 10.2. The lowest BCUT2D eigenvalue weighted by molar-refractivity contribution is 0.249. The summed E-state index contributed by atoms with van der Waals surface area (Å²) in [5, 5.41) is 12.1. The van der Waals surface area contributed by atoms with E-state index in [-0.39, 0.29) is 12.1 Å². The molecule has 2 aromatic rings. The van der Waals surface area contributed by atoms with Crippen LogP contribution in [0.15, 0.2) is 36.7 Å². The molecule has 2 amide bonds. The number of carbonyl (C=O) groups excluding carboxylic acids is 1. The number of benzene rings is 1. The summed E-state index contributed by atoms with van der Waals surface area (Å²) in [6.45, 7) is 1.89. The van der Waals surface area contributed by atoms with E-state index >= 15 is 0 Å². The predicted molar refractivity (Wildman–Crippen MR) is 72.2 cm³/mol. The van der Waals surface area contributed by atoms with E-state index in [0.717, 1.165) is 11.3 Å². The lowest BCUT2D eigenvalue weighted by Gasteiger charge is -2.13. The Morgan fingerprint density at radius 2 is 2.11 bits per heavy atom. The number of amides is 2. The van der Waals surface area contributed by atoms with Crippen LogP contribution in [0.4, 0.5) is 10.5 Å². The first kappa shape index (κ1) is 12.9. The van der Waals surface area contributed by atoms with Crippen LogP contribution in [0.1, 0.15) is 18.5 Å². The molecule has 1 aromatic carbocycles. The molecule has 19 heavy (non-hydrogen) atoms. The molecule has 0 radical (unpaired) electrons. The number of urea groups is 1. The van der Waals surface area contributed by atoms with Gasteiger partial charge in [-0.05, 0) is 31.2 Å². The number of nitrogens with zero attached hydrogens (tertiary/aromatic N) is 1. The topological polar surface area (TPSA) is 79.0 Å². The van der Waals surface area contributed by atoms with Crippen LogP contribution in [-0.4, -0.2) is 23.3 Å². The number of methoxy groups -OCH3 is 1. The third-order valence-corrected chi connectivity index (χ3v) is 2.71. The average Bonchev–Trinajstić information content (AvgIpc) is 2.93. The zero-order chi connectivity index (χ0) is 13.7. The highest BCUT2D eigenvalue weighted by atomic mass is 16.5. The van der Waals surface area contributed by atoms with E-state index in [9.17, 15) is 4.79 Å². The second kappa shape index (κ2) is 5.90. The minimum absolute atomic E-state index is 0.114. The van der Waals surface area contributed by atoms with E-state index in [1.807, 2.05) is 6.92 Å². The van der Waals surface area contributed by atoms with Gasteiger partial charge in [-0.25, -0.2) is 4.79 Å². The Bertz CT molecular complexity index is 522. The molecule has 0 spiro atoms. The second-order valence-corrected chi connectivity index (χ2v) is 4.08. The van der Waals surface area contributed by atoms with Crippen molar-refractivity contribution in [2.24, 2.45) is 0 Å². The fraction of sp³-hybridized carbons (Fsp3) is 0.231. The van der Waals surface area contributed by atoms with E-state index < -0.39 is 0 Å². The first-order chi connectivity index (χ1) is 9.19. The number of hydrogen-bond donors (Lipinski definition) is 3. The maximum Gasteiger partial charge on any atom is 0.319 e. The van der Waals surface area contributed by atoms with Gasteiger partial charge >= 0.3 is 6.03 Å². The molecule has 2 rings (SSSR count). The van der Waals surface area contributed by atoms with Crippen LogP contribution >= 0.6 is 0 Å². The quantitative estimate of drug-likeness (QED) is 0.789. The minimum Gasteiger partial charge on any atom is -0.497 e. The van der Waals surface area contributed by atoms with Gasteiger partial charge in [-0.1, -0.05) is 0 Å². The van der Waals surface area contributed by atoms with Crippen LogP contribution in [0.2, 0.25) is 0 Å². The Balaban J connectivity index is 1.90. The highest BCUT2D eigenvalue weighted by Gasteiger charge is 2.10. The van der Waals surface area contributed by atoms with Crippen LogP contribution in [0.25, 0.3) is 0 Å². The van der Waals surface area contributed by atoms with Gasteiger partial charge in [-0.3, -0.25) is 5.10 Å². The van der Waals surface area contributed by atoms with Crippen molar-refractivity contribution in [3.8, 4) is 5.75 Å². The van der Waals surface area contributed by atoms with Crippen molar-refractivity contribution in [1.29, 1.82) is 0 Å². The second-order valence-electron chi connectivity index (χ2n) is 4.08. The van der Waals surface area contributed by atoms with Crippen LogP contribution in [0.3, 0.4) is 0 Å². The van der Waals surface area contributed by atoms with Crippen molar-refractivity contribution in [3.05, 3.63) is 42.2 Å². The number of hydrogen-bond acceptors (Lipinski definition) is 3. The van der Waals surface area contributed by atoms with E-state index in [0.29, 0.717) is 5.69 Å². The van der Waals surface area contributed by atoms with Gasteiger partial charge in [-0.15, -0.1) is 0 Å². The molecule has 6 heteroatoms. The molecular weight excluding hydrogens is 244 g/mol. The van der Waals surface area contributed by atoms with Gasteiger partial charge in [0.25, 0.3) is 0 Å². The van der Waals surface area contributed by atoms with Gasteiger partial charge < -0.3 is 15.4 Å². The molecule has 0 aliphatic carbocycles. The molecule has 0 aliphatic rings. The average molecular weight is 260 g/mol. The Hall–Kier alpha value is -2.50. The summed E-state index contributed by atoms with van der Waals surface area (Å²) >= 11 is 0. The van der Waals surface area contributed by atoms with Gasteiger partial charge in [0.05, 0.1) is 19.3 Å². The molecular formula is C13H16N4O2. The zero-order valence-corrected chi connectivity index (χ0v) is 10.8. The summed E-state index contributed by atoms with van der Waals surface area (Å²) < 4.78 is 5.05. The van der Waals surface area contributed by atoms with E-state index in [1.54, 1.807) is 43.8 Å². The fourth-order valence-electron chi connectivity index (χ4n) is 1.62. The molecule has 1 aromatic heterocycles. The molecule has 6 nitrogen and oxygen atoms in total. The van der Waals surface area contributed by atoms with Gasteiger partial charge in [-0.2, -0.15) is 5.10 Å².